The van der Waals surface area contributed by atoms with Crippen molar-refractivity contribution >= 4 is 75.8 Å². The molecule has 2 aromatic heterocycles. The molecule has 0 fully saturated rings. The molecule has 2 heteroatoms. The van der Waals surface area contributed by atoms with E-state index in [1.54, 1.807) is 0 Å². The van der Waals surface area contributed by atoms with Crippen molar-refractivity contribution in [2.24, 2.45) is 0 Å². The summed E-state index contributed by atoms with van der Waals surface area (Å²) in [4.78, 5) is 0. The number of hydrogen-bond donors (Lipinski definition) is 0. The molecular weight excluding hydrogens is 536 g/mol. The normalized spacial score (nSPS) is 12.1. The fourth-order valence-corrected chi connectivity index (χ4v) is 7.00. The highest BCUT2D eigenvalue weighted by Gasteiger charge is 2.15. The number of fused-ring (bicyclic) bond motifs is 11. The Kier molecular flexibility index (Phi) is 4.75. The van der Waals surface area contributed by atoms with Crippen LogP contribution in [0.15, 0.2) is 154 Å². The van der Waals surface area contributed by atoms with Crippen LogP contribution in [-0.4, -0.2) is 0 Å². The average Bonchev–Trinajstić information content (AvgIpc) is 3.73. The summed E-state index contributed by atoms with van der Waals surface area (Å²) >= 11 is 0. The van der Waals surface area contributed by atoms with E-state index in [9.17, 15) is 0 Å². The standard InChI is InChI=1S/C42H24O2/c1-3-7-27-21-29(11-9-25(27)5-1)39-23-31-13-15-35-33-18-20-38-36(34(33)17-19-37(35)41(31)43-39)16-14-32-24-40(44-42(32)38)30-12-10-26-6-2-4-8-28(26)22-30/h1-24H. The summed E-state index contributed by atoms with van der Waals surface area (Å²) in [6, 6.07) is 51.9. The van der Waals surface area contributed by atoms with E-state index in [2.05, 4.69) is 146 Å². The van der Waals surface area contributed by atoms with Crippen LogP contribution in [0, 0.1) is 0 Å². The molecule has 0 spiro atoms. The minimum Gasteiger partial charge on any atom is -0.455 e. The lowest BCUT2D eigenvalue weighted by Crippen LogP contribution is -1.82. The molecule has 0 N–H and O–H groups in total. The fraction of sp³-hybridized carbons (Fsp3) is 0. The molecule has 0 unspecified atom stereocenters. The molecule has 10 rings (SSSR count). The number of rotatable bonds is 2. The molecule has 44 heavy (non-hydrogen) atoms. The molecule has 0 amide bonds. The third kappa shape index (κ3) is 3.43. The summed E-state index contributed by atoms with van der Waals surface area (Å²) in [7, 11) is 0. The summed E-state index contributed by atoms with van der Waals surface area (Å²) in [6.45, 7) is 0. The van der Waals surface area contributed by atoms with Crippen LogP contribution < -0.4 is 0 Å². The SMILES string of the molecule is c1ccc2cc(-c3cc4ccc5c6ccc7c(ccc8cc(-c9ccc%10ccccc%10c9)oc87)c6ccc5c4o3)ccc2c1. The molecule has 0 aliphatic heterocycles. The van der Waals surface area contributed by atoms with Gasteiger partial charge >= 0.3 is 0 Å². The maximum Gasteiger partial charge on any atom is 0.142 e. The Labute approximate surface area is 252 Å². The van der Waals surface area contributed by atoms with E-state index in [0.29, 0.717) is 0 Å². The topological polar surface area (TPSA) is 26.3 Å². The van der Waals surface area contributed by atoms with E-state index in [0.717, 1.165) is 55.4 Å². The first-order chi connectivity index (χ1) is 21.8. The first-order valence-electron chi connectivity index (χ1n) is 15.0. The van der Waals surface area contributed by atoms with Crippen molar-refractivity contribution in [1.82, 2.24) is 0 Å². The molecule has 2 heterocycles. The van der Waals surface area contributed by atoms with Crippen LogP contribution in [0.3, 0.4) is 0 Å². The van der Waals surface area contributed by atoms with Crippen molar-refractivity contribution in [2.75, 3.05) is 0 Å². The molecule has 0 aliphatic carbocycles. The zero-order valence-electron chi connectivity index (χ0n) is 23.7. The van der Waals surface area contributed by atoms with Gasteiger partial charge in [0.15, 0.2) is 0 Å². The lowest BCUT2D eigenvalue weighted by atomic mass is 9.95. The van der Waals surface area contributed by atoms with E-state index >= 15 is 0 Å². The van der Waals surface area contributed by atoms with Gasteiger partial charge in [0.25, 0.3) is 0 Å². The maximum atomic E-state index is 6.57. The Morgan fingerprint density at radius 1 is 0.273 bits per heavy atom. The second kappa shape index (κ2) is 8.82. The van der Waals surface area contributed by atoms with Gasteiger partial charge in [0.2, 0.25) is 0 Å². The quantitative estimate of drug-likeness (QED) is 0.197. The van der Waals surface area contributed by atoms with E-state index < -0.39 is 0 Å². The fourth-order valence-electron chi connectivity index (χ4n) is 7.00. The van der Waals surface area contributed by atoms with Gasteiger partial charge in [-0.05, 0) is 79.5 Å². The Morgan fingerprint density at radius 2 is 0.636 bits per heavy atom. The van der Waals surface area contributed by atoms with Gasteiger partial charge < -0.3 is 8.83 Å². The lowest BCUT2D eigenvalue weighted by Gasteiger charge is -2.08. The van der Waals surface area contributed by atoms with Crippen LogP contribution in [0.25, 0.3) is 98.4 Å². The zero-order chi connectivity index (χ0) is 28.8. The minimum atomic E-state index is 0.888. The van der Waals surface area contributed by atoms with Crippen molar-refractivity contribution in [3.63, 3.8) is 0 Å². The second-order valence-corrected chi connectivity index (χ2v) is 11.7. The predicted octanol–water partition coefficient (Wildman–Crippen LogP) is 12.3. The summed E-state index contributed by atoms with van der Waals surface area (Å²) in [6.07, 6.45) is 0. The van der Waals surface area contributed by atoms with Crippen molar-refractivity contribution in [3.8, 4) is 22.6 Å². The minimum absolute atomic E-state index is 0.888. The number of hydrogen-bond acceptors (Lipinski definition) is 2. The van der Waals surface area contributed by atoms with E-state index in [-0.39, 0.29) is 0 Å². The highest BCUT2D eigenvalue weighted by atomic mass is 16.3. The Hall–Kier alpha value is -5.86. The van der Waals surface area contributed by atoms with Gasteiger partial charge in [-0.1, -0.05) is 109 Å². The molecule has 0 atom stereocenters. The molecule has 2 nitrogen and oxygen atoms in total. The van der Waals surface area contributed by atoms with Gasteiger partial charge in [-0.2, -0.15) is 0 Å². The Bertz CT molecular complexity index is 2580. The molecule has 8 aromatic carbocycles. The molecule has 0 aliphatic rings. The number of furan rings is 2. The second-order valence-electron chi connectivity index (χ2n) is 11.7. The molecule has 0 saturated carbocycles. The largest absolute Gasteiger partial charge is 0.455 e. The van der Waals surface area contributed by atoms with Gasteiger partial charge in [0, 0.05) is 32.7 Å². The van der Waals surface area contributed by atoms with Crippen molar-refractivity contribution in [3.05, 3.63) is 146 Å². The third-order valence-electron chi connectivity index (χ3n) is 9.22. The smallest absolute Gasteiger partial charge is 0.142 e. The predicted molar refractivity (Wildman–Crippen MR) is 184 cm³/mol. The van der Waals surface area contributed by atoms with Crippen molar-refractivity contribution in [2.45, 2.75) is 0 Å². The summed E-state index contributed by atoms with van der Waals surface area (Å²) < 4.78 is 13.1. The molecule has 0 bridgehead atoms. The third-order valence-corrected chi connectivity index (χ3v) is 9.22. The van der Waals surface area contributed by atoms with E-state index in [4.69, 9.17) is 8.83 Å². The lowest BCUT2D eigenvalue weighted by molar-refractivity contribution is 0.634. The highest BCUT2D eigenvalue weighted by molar-refractivity contribution is 6.24. The van der Waals surface area contributed by atoms with Crippen LogP contribution in [0.1, 0.15) is 0 Å². The molecule has 10 aromatic rings. The Balaban J connectivity index is 1.12. The Morgan fingerprint density at radius 3 is 1.11 bits per heavy atom. The van der Waals surface area contributed by atoms with Gasteiger partial charge in [0.1, 0.15) is 22.7 Å². The average molecular weight is 561 g/mol. The molecule has 204 valence electrons. The van der Waals surface area contributed by atoms with Crippen molar-refractivity contribution in [1.29, 1.82) is 0 Å². The number of benzene rings is 8. The maximum absolute atomic E-state index is 6.57. The van der Waals surface area contributed by atoms with Gasteiger partial charge in [-0.3, -0.25) is 0 Å². The van der Waals surface area contributed by atoms with Crippen LogP contribution in [0.2, 0.25) is 0 Å². The first-order valence-corrected chi connectivity index (χ1v) is 15.0. The van der Waals surface area contributed by atoms with E-state index in [1.165, 1.54) is 43.1 Å². The summed E-state index contributed by atoms with van der Waals surface area (Å²) in [5, 5.41) is 14.1. The van der Waals surface area contributed by atoms with E-state index in [1.807, 2.05) is 0 Å². The van der Waals surface area contributed by atoms with Gasteiger partial charge in [-0.25, -0.2) is 0 Å². The monoisotopic (exact) mass is 560 g/mol. The van der Waals surface area contributed by atoms with Gasteiger partial charge in [-0.15, -0.1) is 0 Å². The van der Waals surface area contributed by atoms with Crippen LogP contribution in [0.4, 0.5) is 0 Å². The van der Waals surface area contributed by atoms with Crippen LogP contribution in [-0.2, 0) is 0 Å². The van der Waals surface area contributed by atoms with Crippen LogP contribution >= 0.6 is 0 Å². The summed E-state index contributed by atoms with van der Waals surface area (Å²) in [5.41, 5.74) is 4.03. The molecule has 0 radical (unpaired) electrons. The molecular formula is C42H24O2. The highest BCUT2D eigenvalue weighted by Crippen LogP contribution is 2.40. The van der Waals surface area contributed by atoms with Gasteiger partial charge in [0.05, 0.1) is 0 Å². The zero-order valence-corrected chi connectivity index (χ0v) is 23.7. The van der Waals surface area contributed by atoms with Crippen LogP contribution in [0.5, 0.6) is 0 Å². The van der Waals surface area contributed by atoms with Crippen molar-refractivity contribution < 1.29 is 8.83 Å². The first kappa shape index (κ1) is 23.7. The molecule has 0 saturated heterocycles. The summed E-state index contributed by atoms with van der Waals surface area (Å²) in [5.74, 6) is 1.78.